The van der Waals surface area contributed by atoms with Gasteiger partial charge in [-0.15, -0.1) is 0 Å². The summed E-state index contributed by atoms with van der Waals surface area (Å²) in [7, 11) is 1.03. The Morgan fingerprint density at radius 1 is 1.37 bits per heavy atom. The van der Waals surface area contributed by atoms with Crippen LogP contribution < -0.4 is 10.5 Å². The van der Waals surface area contributed by atoms with Crippen LogP contribution in [0.4, 0.5) is 19.1 Å². The minimum atomic E-state index is -4.63. The summed E-state index contributed by atoms with van der Waals surface area (Å²) in [6, 6.07) is 3.14. The van der Waals surface area contributed by atoms with Gasteiger partial charge in [-0.3, -0.25) is 0 Å². The average molecular weight is 274 g/mol. The summed E-state index contributed by atoms with van der Waals surface area (Å²) in [6.07, 6.45) is -4.63. The lowest BCUT2D eigenvalue weighted by atomic mass is 10.1. The molecule has 0 unspecified atom stereocenters. The first-order valence-electron chi connectivity index (χ1n) is 5.04. The van der Waals surface area contributed by atoms with Crippen molar-refractivity contribution < 1.29 is 27.5 Å². The average Bonchev–Trinajstić information content (AvgIpc) is 2.74. The zero-order chi connectivity index (χ0) is 14.2. The number of nitrogens with zero attached hydrogens (tertiary/aromatic N) is 1. The highest BCUT2D eigenvalue weighted by Crippen LogP contribution is 2.45. The third-order valence-corrected chi connectivity index (χ3v) is 2.45. The monoisotopic (exact) mass is 274 g/mol. The molecule has 0 fully saturated rings. The molecule has 0 aliphatic rings. The predicted molar refractivity (Wildman–Crippen MR) is 59.6 cm³/mol. The van der Waals surface area contributed by atoms with E-state index in [1.807, 2.05) is 0 Å². The predicted octanol–water partition coefficient (Wildman–Crippen LogP) is 2.66. The topological polar surface area (TPSA) is 81.5 Å². The van der Waals surface area contributed by atoms with Gasteiger partial charge < -0.3 is 20.1 Å². The highest BCUT2D eigenvalue weighted by atomic mass is 19.4. The highest BCUT2D eigenvalue weighted by molar-refractivity contribution is 5.73. The molecule has 2 rings (SSSR count). The van der Waals surface area contributed by atoms with E-state index in [9.17, 15) is 18.3 Å². The second kappa shape index (κ2) is 4.38. The van der Waals surface area contributed by atoms with Gasteiger partial charge >= 0.3 is 6.18 Å². The molecule has 2 aromatic rings. The van der Waals surface area contributed by atoms with E-state index in [0.717, 1.165) is 19.2 Å². The Morgan fingerprint density at radius 2 is 2.05 bits per heavy atom. The third kappa shape index (κ3) is 2.28. The Morgan fingerprint density at radius 3 is 2.53 bits per heavy atom. The smallest absolute Gasteiger partial charge is 0.420 e. The second-order valence-corrected chi connectivity index (χ2v) is 3.65. The van der Waals surface area contributed by atoms with Crippen LogP contribution in [0.5, 0.6) is 11.5 Å². The van der Waals surface area contributed by atoms with Crippen LogP contribution in [-0.4, -0.2) is 17.4 Å². The molecule has 5 nitrogen and oxygen atoms in total. The Hall–Kier alpha value is -2.38. The Labute approximate surface area is 105 Å². The number of hydrogen-bond acceptors (Lipinski definition) is 5. The summed E-state index contributed by atoms with van der Waals surface area (Å²) >= 11 is 0. The van der Waals surface area contributed by atoms with Gasteiger partial charge in [0.05, 0.1) is 7.11 Å². The van der Waals surface area contributed by atoms with Crippen LogP contribution >= 0.6 is 0 Å². The summed E-state index contributed by atoms with van der Waals surface area (Å²) in [5.41, 5.74) is 4.38. The van der Waals surface area contributed by atoms with Crippen LogP contribution in [-0.2, 0) is 6.18 Å². The molecule has 1 aromatic carbocycles. The van der Waals surface area contributed by atoms with Crippen molar-refractivity contribution in [1.29, 1.82) is 0 Å². The quantitative estimate of drug-likeness (QED) is 0.879. The molecule has 0 atom stereocenters. The molecule has 8 heteroatoms. The summed E-state index contributed by atoms with van der Waals surface area (Å²) < 4.78 is 47.3. The van der Waals surface area contributed by atoms with Gasteiger partial charge in [0, 0.05) is 11.6 Å². The van der Waals surface area contributed by atoms with Crippen molar-refractivity contribution in [3.05, 3.63) is 23.8 Å². The number of benzene rings is 1. The van der Waals surface area contributed by atoms with Gasteiger partial charge in [-0.05, 0) is 12.1 Å². The molecular weight excluding hydrogens is 265 g/mol. The van der Waals surface area contributed by atoms with E-state index in [4.69, 9.17) is 5.73 Å². The lowest BCUT2D eigenvalue weighted by Gasteiger charge is -2.14. The number of rotatable bonds is 2. The lowest BCUT2D eigenvalue weighted by Crippen LogP contribution is -2.07. The van der Waals surface area contributed by atoms with Gasteiger partial charge in [0.25, 0.3) is 0 Å². The van der Waals surface area contributed by atoms with Crippen molar-refractivity contribution in [2.75, 3.05) is 12.8 Å². The van der Waals surface area contributed by atoms with Gasteiger partial charge in [0.15, 0.2) is 11.5 Å². The first-order valence-corrected chi connectivity index (χ1v) is 5.04. The van der Waals surface area contributed by atoms with Gasteiger partial charge in [-0.2, -0.15) is 13.2 Å². The molecular formula is C11H9F3N2O3. The number of nitrogens with two attached hydrogens (primary N) is 1. The van der Waals surface area contributed by atoms with Crippen LogP contribution in [0, 0.1) is 0 Å². The molecule has 0 radical (unpaired) electrons. The van der Waals surface area contributed by atoms with E-state index in [0.29, 0.717) is 0 Å². The van der Waals surface area contributed by atoms with Gasteiger partial charge in [-0.25, -0.2) is 0 Å². The fourth-order valence-electron chi connectivity index (χ4n) is 1.62. The zero-order valence-corrected chi connectivity index (χ0v) is 9.65. The first-order chi connectivity index (χ1) is 8.84. The molecule has 0 amide bonds. The molecule has 102 valence electrons. The van der Waals surface area contributed by atoms with Crippen molar-refractivity contribution in [1.82, 2.24) is 5.16 Å². The number of halogens is 3. The van der Waals surface area contributed by atoms with Crippen LogP contribution in [0.25, 0.3) is 11.3 Å². The maximum absolute atomic E-state index is 12.7. The molecule has 0 spiro atoms. The Bertz CT molecular complexity index is 608. The van der Waals surface area contributed by atoms with Crippen LogP contribution in [0.2, 0.25) is 0 Å². The third-order valence-electron chi connectivity index (χ3n) is 2.45. The minimum Gasteiger partial charge on any atom is -0.504 e. The summed E-state index contributed by atoms with van der Waals surface area (Å²) in [6.45, 7) is 0. The van der Waals surface area contributed by atoms with Crippen LogP contribution in [0.3, 0.4) is 0 Å². The number of hydrogen-bond donors (Lipinski definition) is 2. The van der Waals surface area contributed by atoms with Crippen molar-refractivity contribution in [2.45, 2.75) is 6.18 Å². The highest BCUT2D eigenvalue weighted by Gasteiger charge is 2.36. The van der Waals surface area contributed by atoms with Crippen molar-refractivity contribution in [3.63, 3.8) is 0 Å². The maximum atomic E-state index is 12.7. The van der Waals surface area contributed by atoms with Gasteiger partial charge in [0.2, 0.25) is 5.88 Å². The van der Waals surface area contributed by atoms with Crippen molar-refractivity contribution >= 4 is 5.88 Å². The summed E-state index contributed by atoms with van der Waals surface area (Å²) in [4.78, 5) is 0. The van der Waals surface area contributed by atoms with Gasteiger partial charge in [-0.1, -0.05) is 5.16 Å². The standard InChI is InChI=1S/C11H9F3N2O3/c1-18-10-6(11(12,13)14)3-2-5(9(10)17)7-4-8(15)19-16-7/h2-4,17H,15H2,1H3. The lowest BCUT2D eigenvalue weighted by molar-refractivity contribution is -0.138. The number of phenols is 1. The normalized spacial score (nSPS) is 11.6. The number of alkyl halides is 3. The van der Waals surface area contributed by atoms with Crippen LogP contribution in [0.1, 0.15) is 5.56 Å². The number of phenolic OH excluding ortho intramolecular Hbond substituents is 1. The largest absolute Gasteiger partial charge is 0.504 e. The van der Waals surface area contributed by atoms with E-state index in [-0.39, 0.29) is 17.1 Å². The van der Waals surface area contributed by atoms with E-state index in [1.165, 1.54) is 6.07 Å². The molecule has 0 aliphatic carbocycles. The Balaban J connectivity index is 2.61. The molecule has 0 aliphatic heterocycles. The number of nitrogen functional groups attached to an aromatic ring is 1. The van der Waals surface area contributed by atoms with Crippen molar-refractivity contribution in [3.8, 4) is 22.8 Å². The first kappa shape index (κ1) is 13.1. The molecule has 1 aromatic heterocycles. The number of methoxy groups -OCH3 is 1. The number of aromatic nitrogens is 1. The molecule has 0 saturated carbocycles. The summed E-state index contributed by atoms with van der Waals surface area (Å²) in [5, 5.41) is 13.4. The molecule has 3 N–H and O–H groups in total. The zero-order valence-electron chi connectivity index (χ0n) is 9.65. The van der Waals surface area contributed by atoms with E-state index < -0.39 is 23.2 Å². The molecule has 19 heavy (non-hydrogen) atoms. The Kier molecular flexibility index (Phi) is 3.01. The van der Waals surface area contributed by atoms with Crippen molar-refractivity contribution in [2.24, 2.45) is 0 Å². The molecule has 1 heterocycles. The summed E-state index contributed by atoms with van der Waals surface area (Å²) in [5.74, 6) is -1.37. The minimum absolute atomic E-state index is 0.0201. The fraction of sp³-hybridized carbons (Fsp3) is 0.182. The van der Waals surface area contributed by atoms with E-state index in [1.54, 1.807) is 0 Å². The second-order valence-electron chi connectivity index (χ2n) is 3.65. The number of ether oxygens (including phenoxy) is 1. The molecule has 0 bridgehead atoms. The van der Waals surface area contributed by atoms with E-state index in [2.05, 4.69) is 14.4 Å². The van der Waals surface area contributed by atoms with Gasteiger partial charge in [0.1, 0.15) is 11.3 Å². The number of anilines is 1. The van der Waals surface area contributed by atoms with Crippen LogP contribution in [0.15, 0.2) is 22.7 Å². The molecule has 0 saturated heterocycles. The number of aromatic hydroxyl groups is 1. The maximum Gasteiger partial charge on any atom is 0.420 e. The SMILES string of the molecule is COc1c(C(F)(F)F)ccc(-c2cc(N)on2)c1O. The van der Waals surface area contributed by atoms with E-state index >= 15 is 0 Å². The fourth-order valence-corrected chi connectivity index (χ4v) is 1.62.